The molecule has 34 heavy (non-hydrogen) atoms. The molecule has 0 saturated carbocycles. The molecule has 2 amide bonds. The number of aliphatic hydroxyl groups is 1. The number of amides is 2. The fourth-order valence-electron chi connectivity index (χ4n) is 3.64. The number of hydrogen-bond donors (Lipinski definition) is 2. The van der Waals surface area contributed by atoms with Crippen LogP contribution in [-0.4, -0.2) is 39.8 Å². The first kappa shape index (κ1) is 23.3. The smallest absolute Gasteiger partial charge is 0.356 e. The van der Waals surface area contributed by atoms with Gasteiger partial charge in [-0.05, 0) is 35.7 Å². The summed E-state index contributed by atoms with van der Waals surface area (Å²) in [5.41, 5.74) is 0.981. The molecule has 1 saturated heterocycles. The molecule has 0 radical (unpaired) electrons. The normalized spacial score (nSPS) is 17.7. The zero-order valence-corrected chi connectivity index (χ0v) is 18.1. The highest BCUT2D eigenvalue weighted by atomic mass is 19.4. The molecule has 0 bridgehead atoms. The maximum Gasteiger partial charge on any atom is 0.416 e. The molecule has 9 heteroatoms. The second-order valence-corrected chi connectivity index (χ2v) is 7.80. The summed E-state index contributed by atoms with van der Waals surface area (Å²) < 4.78 is 39.4. The number of urea groups is 1. The summed E-state index contributed by atoms with van der Waals surface area (Å²) in [6.45, 7) is 0.418. The fraction of sp³-hybridized carbons (Fsp3) is 0.200. The third-order valence-electron chi connectivity index (χ3n) is 5.40. The number of carbonyl (C=O) groups excluding carboxylic acids is 1. The number of nitrogens with one attached hydrogen (secondary N) is 1. The zero-order chi connectivity index (χ0) is 24.1. The maximum atomic E-state index is 13.1. The number of carbonyl (C=O) groups is 1. The van der Waals surface area contributed by atoms with Gasteiger partial charge in [-0.25, -0.2) is 9.79 Å². The van der Waals surface area contributed by atoms with Crippen LogP contribution in [0.3, 0.4) is 0 Å². The average Bonchev–Trinajstić information content (AvgIpc) is 2.82. The van der Waals surface area contributed by atoms with E-state index >= 15 is 0 Å². The van der Waals surface area contributed by atoms with Crippen LogP contribution in [0.1, 0.15) is 16.7 Å². The predicted molar refractivity (Wildman–Crippen MR) is 122 cm³/mol. The summed E-state index contributed by atoms with van der Waals surface area (Å²) in [6, 6.07) is 22.6. The SMILES string of the molecule is O=C1NC(=Nc2cccc(C(F)(F)F)c2)N(CCc2ccccc2)C(O)N1Cc1ccccc1. The highest BCUT2D eigenvalue weighted by Crippen LogP contribution is 2.31. The monoisotopic (exact) mass is 468 g/mol. The van der Waals surface area contributed by atoms with Crippen molar-refractivity contribution in [1.29, 1.82) is 0 Å². The van der Waals surface area contributed by atoms with Crippen LogP contribution in [0.2, 0.25) is 0 Å². The summed E-state index contributed by atoms with van der Waals surface area (Å²) >= 11 is 0. The van der Waals surface area contributed by atoms with Gasteiger partial charge >= 0.3 is 12.2 Å². The van der Waals surface area contributed by atoms with Crippen LogP contribution in [0.15, 0.2) is 89.9 Å². The van der Waals surface area contributed by atoms with Crippen LogP contribution in [0, 0.1) is 0 Å². The maximum absolute atomic E-state index is 13.1. The molecule has 3 aromatic carbocycles. The van der Waals surface area contributed by atoms with Crippen molar-refractivity contribution in [3.05, 3.63) is 102 Å². The molecule has 1 heterocycles. The number of aliphatic imine (C=N–C) groups is 1. The Morgan fingerprint density at radius 1 is 0.882 bits per heavy atom. The molecular formula is C25H23F3N4O2. The minimum absolute atomic E-state index is 0.0125. The number of alkyl halides is 3. The summed E-state index contributed by atoms with van der Waals surface area (Å²) in [5.74, 6) is -0.0166. The first-order valence-electron chi connectivity index (χ1n) is 10.7. The average molecular weight is 468 g/mol. The summed E-state index contributed by atoms with van der Waals surface area (Å²) in [7, 11) is 0. The number of benzene rings is 3. The molecule has 4 rings (SSSR count). The van der Waals surface area contributed by atoms with Crippen LogP contribution >= 0.6 is 0 Å². The highest BCUT2D eigenvalue weighted by Gasteiger charge is 2.36. The van der Waals surface area contributed by atoms with Crippen molar-refractivity contribution in [2.75, 3.05) is 6.54 Å². The predicted octanol–water partition coefficient (Wildman–Crippen LogP) is 4.74. The lowest BCUT2D eigenvalue weighted by atomic mass is 10.1. The Kier molecular flexibility index (Phi) is 6.83. The van der Waals surface area contributed by atoms with Gasteiger partial charge in [0.1, 0.15) is 0 Å². The van der Waals surface area contributed by atoms with Gasteiger partial charge in [-0.1, -0.05) is 66.7 Å². The molecule has 2 N–H and O–H groups in total. The Morgan fingerprint density at radius 3 is 2.18 bits per heavy atom. The Labute approximate surface area is 195 Å². The summed E-state index contributed by atoms with van der Waals surface area (Å²) in [4.78, 5) is 19.8. The van der Waals surface area contributed by atoms with Gasteiger partial charge < -0.3 is 5.11 Å². The largest absolute Gasteiger partial charge is 0.416 e. The molecule has 1 fully saturated rings. The van der Waals surface area contributed by atoms with E-state index in [2.05, 4.69) is 10.3 Å². The van der Waals surface area contributed by atoms with Gasteiger partial charge in [0.05, 0.1) is 17.8 Å². The van der Waals surface area contributed by atoms with Crippen molar-refractivity contribution in [1.82, 2.24) is 15.1 Å². The number of rotatable bonds is 6. The number of halogens is 3. The Balaban J connectivity index is 1.64. The van der Waals surface area contributed by atoms with Crippen molar-refractivity contribution in [3.8, 4) is 0 Å². The molecular weight excluding hydrogens is 445 g/mol. The van der Waals surface area contributed by atoms with Gasteiger partial charge in [-0.3, -0.25) is 15.1 Å². The third kappa shape index (κ3) is 5.55. The zero-order valence-electron chi connectivity index (χ0n) is 18.1. The minimum atomic E-state index is -4.52. The molecule has 176 valence electrons. The van der Waals surface area contributed by atoms with E-state index < -0.39 is 24.1 Å². The fourth-order valence-corrected chi connectivity index (χ4v) is 3.64. The third-order valence-corrected chi connectivity index (χ3v) is 5.40. The number of guanidine groups is 1. The van der Waals surface area contributed by atoms with Gasteiger partial charge in [0.2, 0.25) is 12.3 Å². The molecule has 3 aromatic rings. The van der Waals surface area contributed by atoms with Crippen LogP contribution in [-0.2, 0) is 19.1 Å². The van der Waals surface area contributed by atoms with Crippen molar-refractivity contribution in [2.45, 2.75) is 25.5 Å². The van der Waals surface area contributed by atoms with E-state index in [1.165, 1.54) is 21.9 Å². The van der Waals surface area contributed by atoms with Crippen molar-refractivity contribution in [3.63, 3.8) is 0 Å². The molecule has 1 aliphatic rings. The van der Waals surface area contributed by atoms with Crippen molar-refractivity contribution >= 4 is 17.7 Å². The van der Waals surface area contributed by atoms with Gasteiger partial charge in [0, 0.05) is 6.54 Å². The molecule has 1 atom stereocenters. The second-order valence-electron chi connectivity index (χ2n) is 7.80. The first-order chi connectivity index (χ1) is 16.3. The van der Waals surface area contributed by atoms with Gasteiger partial charge in [-0.2, -0.15) is 13.2 Å². The summed E-state index contributed by atoms with van der Waals surface area (Å²) in [6.07, 6.45) is -5.36. The molecule has 0 aromatic heterocycles. The number of nitrogens with zero attached hydrogens (tertiary/aromatic N) is 3. The lowest BCUT2D eigenvalue weighted by Gasteiger charge is -2.42. The quantitative estimate of drug-likeness (QED) is 0.549. The second kappa shape index (κ2) is 9.96. The highest BCUT2D eigenvalue weighted by molar-refractivity contribution is 5.99. The number of aliphatic hydroxyl groups excluding tert-OH is 1. The van der Waals surface area contributed by atoms with Crippen molar-refractivity contribution in [2.24, 2.45) is 4.99 Å². The van der Waals surface area contributed by atoms with Crippen LogP contribution in [0.4, 0.5) is 23.7 Å². The van der Waals surface area contributed by atoms with E-state index in [1.807, 2.05) is 60.7 Å². The van der Waals surface area contributed by atoms with E-state index in [1.54, 1.807) is 0 Å². The molecule has 6 nitrogen and oxygen atoms in total. The van der Waals surface area contributed by atoms with E-state index in [0.29, 0.717) is 6.42 Å². The lowest BCUT2D eigenvalue weighted by Crippen LogP contribution is -2.65. The minimum Gasteiger partial charge on any atom is -0.356 e. The van der Waals surface area contributed by atoms with Crippen LogP contribution in [0.25, 0.3) is 0 Å². The molecule has 0 spiro atoms. The Morgan fingerprint density at radius 2 is 1.53 bits per heavy atom. The molecule has 1 unspecified atom stereocenters. The standard InChI is InChI=1S/C25H23F3N4O2/c26-25(27,28)20-12-7-13-21(16-20)29-22-30-23(33)32(17-19-10-5-2-6-11-19)24(34)31(22)15-14-18-8-3-1-4-9-18/h1-13,16,24,34H,14-15,17H2,(H,29,30,33). The van der Waals surface area contributed by atoms with E-state index in [0.717, 1.165) is 23.3 Å². The molecule has 1 aliphatic heterocycles. The van der Waals surface area contributed by atoms with Gasteiger partial charge in [0.25, 0.3) is 0 Å². The molecule has 0 aliphatic carbocycles. The Hall–Kier alpha value is -3.85. The van der Waals surface area contributed by atoms with Gasteiger partial charge in [0.15, 0.2) is 0 Å². The summed E-state index contributed by atoms with van der Waals surface area (Å²) in [5, 5.41) is 13.7. The van der Waals surface area contributed by atoms with Gasteiger partial charge in [-0.15, -0.1) is 0 Å². The van der Waals surface area contributed by atoms with E-state index in [-0.39, 0.29) is 24.7 Å². The lowest BCUT2D eigenvalue weighted by molar-refractivity contribution is -0.137. The Bertz CT molecular complexity index is 1150. The van der Waals surface area contributed by atoms with E-state index in [9.17, 15) is 23.1 Å². The number of hydrogen-bond acceptors (Lipinski definition) is 3. The van der Waals surface area contributed by atoms with Crippen LogP contribution in [0.5, 0.6) is 0 Å². The first-order valence-corrected chi connectivity index (χ1v) is 10.7. The van der Waals surface area contributed by atoms with Crippen molar-refractivity contribution < 1.29 is 23.1 Å². The van der Waals surface area contributed by atoms with Crippen LogP contribution < -0.4 is 5.32 Å². The van der Waals surface area contributed by atoms with E-state index in [4.69, 9.17) is 0 Å². The topological polar surface area (TPSA) is 68.2 Å².